The third kappa shape index (κ3) is 3.59. The third-order valence-electron chi connectivity index (χ3n) is 6.55. The molecule has 6 rings (SSSR count). The summed E-state index contributed by atoms with van der Waals surface area (Å²) in [6.07, 6.45) is 5.07. The predicted molar refractivity (Wildman–Crippen MR) is 139 cm³/mol. The van der Waals surface area contributed by atoms with Crippen molar-refractivity contribution in [3.05, 3.63) is 104 Å². The number of nitrogens with zero attached hydrogens (tertiary/aromatic N) is 3. The van der Waals surface area contributed by atoms with E-state index in [0.717, 1.165) is 35.2 Å². The molecule has 1 saturated carbocycles. The Morgan fingerprint density at radius 2 is 1.83 bits per heavy atom. The molecule has 2 N–H and O–H groups in total. The monoisotopic (exact) mass is 483 g/mol. The van der Waals surface area contributed by atoms with Gasteiger partial charge in [0.15, 0.2) is 5.43 Å². The van der Waals surface area contributed by atoms with Crippen LogP contribution in [0.2, 0.25) is 5.02 Å². The maximum absolute atomic E-state index is 14.0. The van der Waals surface area contributed by atoms with Crippen LogP contribution in [0.4, 0.5) is 5.82 Å². The van der Waals surface area contributed by atoms with Gasteiger partial charge in [0, 0.05) is 18.0 Å². The minimum absolute atomic E-state index is 0.171. The lowest BCUT2D eigenvalue weighted by Crippen LogP contribution is -2.28. The van der Waals surface area contributed by atoms with Crippen molar-refractivity contribution >= 4 is 39.2 Å². The van der Waals surface area contributed by atoms with Gasteiger partial charge in [0.05, 0.1) is 22.1 Å². The van der Waals surface area contributed by atoms with E-state index in [1.54, 1.807) is 16.8 Å². The van der Waals surface area contributed by atoms with Gasteiger partial charge >= 0.3 is 0 Å². The molecule has 0 saturated heterocycles. The number of fused-ring (bicyclic) bond motifs is 2. The number of hydrogen-bond donors (Lipinski definition) is 2. The molecule has 0 unspecified atom stereocenters. The van der Waals surface area contributed by atoms with Gasteiger partial charge in [-0.1, -0.05) is 41.9 Å². The third-order valence-corrected chi connectivity index (χ3v) is 6.86. The second kappa shape index (κ2) is 8.36. The van der Waals surface area contributed by atoms with Crippen LogP contribution in [0.25, 0.3) is 27.5 Å². The van der Waals surface area contributed by atoms with E-state index in [1.807, 2.05) is 49.4 Å². The molecule has 1 aliphatic rings. The summed E-state index contributed by atoms with van der Waals surface area (Å²) in [5.74, 6) is 0.751. The summed E-state index contributed by atoms with van der Waals surface area (Å²) < 4.78 is 1.76. The Bertz CT molecular complexity index is 1700. The number of H-pyrrole nitrogens is 1. The molecule has 35 heavy (non-hydrogen) atoms. The summed E-state index contributed by atoms with van der Waals surface area (Å²) in [7, 11) is 0. The normalized spacial score (nSPS) is 14.3. The maximum Gasteiger partial charge on any atom is 0.264 e. The fraction of sp³-hybridized carbons (Fsp3) is 0.185. The van der Waals surface area contributed by atoms with Gasteiger partial charge in [-0.3, -0.25) is 14.2 Å². The molecule has 1 atom stereocenters. The average molecular weight is 484 g/mol. The molecule has 0 radical (unpaired) electrons. The van der Waals surface area contributed by atoms with Gasteiger partial charge in [0.25, 0.3) is 5.56 Å². The van der Waals surface area contributed by atoms with E-state index in [-0.39, 0.29) is 17.0 Å². The van der Waals surface area contributed by atoms with Gasteiger partial charge in [-0.15, -0.1) is 0 Å². The first-order valence-electron chi connectivity index (χ1n) is 11.6. The summed E-state index contributed by atoms with van der Waals surface area (Å²) in [5.41, 5.74) is 2.82. The molecule has 0 aliphatic heterocycles. The Hall–Kier alpha value is -3.97. The molecule has 174 valence electrons. The zero-order valence-corrected chi connectivity index (χ0v) is 19.7. The van der Waals surface area contributed by atoms with Crippen molar-refractivity contribution in [2.75, 3.05) is 5.32 Å². The first-order valence-corrected chi connectivity index (χ1v) is 11.9. The lowest BCUT2D eigenvalue weighted by atomic mass is 9.95. The number of para-hydroxylation sites is 1. The number of halogens is 1. The second-order valence-corrected chi connectivity index (χ2v) is 9.27. The predicted octanol–water partition coefficient (Wildman–Crippen LogP) is 5.33. The lowest BCUT2D eigenvalue weighted by molar-refractivity contribution is 0.753. The number of nitrogens with one attached hydrogen (secondary N) is 2. The molecule has 8 heteroatoms. The number of rotatable bonds is 5. The molecule has 1 fully saturated rings. The second-order valence-electron chi connectivity index (χ2n) is 8.87. The number of aromatic nitrogens is 4. The zero-order valence-electron chi connectivity index (χ0n) is 19.0. The largest absolute Gasteiger partial charge is 0.361 e. The fourth-order valence-corrected chi connectivity index (χ4v) is 5.15. The van der Waals surface area contributed by atoms with Crippen LogP contribution >= 0.6 is 11.6 Å². The highest BCUT2D eigenvalue weighted by molar-refractivity contribution is 6.35. The van der Waals surface area contributed by atoms with E-state index in [1.165, 1.54) is 12.4 Å². The summed E-state index contributed by atoms with van der Waals surface area (Å²) in [4.78, 5) is 38.2. The smallest absolute Gasteiger partial charge is 0.264 e. The first kappa shape index (κ1) is 21.6. The minimum Gasteiger partial charge on any atom is -0.361 e. The molecule has 1 aliphatic carbocycles. The van der Waals surface area contributed by atoms with E-state index in [4.69, 9.17) is 11.6 Å². The molecule has 3 aromatic heterocycles. The van der Waals surface area contributed by atoms with Crippen LogP contribution in [0, 0.1) is 0 Å². The number of aromatic amines is 1. The number of benzene rings is 2. The van der Waals surface area contributed by atoms with Crippen LogP contribution < -0.4 is 16.3 Å². The molecule has 0 amide bonds. The van der Waals surface area contributed by atoms with Crippen molar-refractivity contribution in [3.63, 3.8) is 0 Å². The van der Waals surface area contributed by atoms with E-state index >= 15 is 0 Å². The SMILES string of the molecule is C[C@H](Nc1ncnc2[nH]ccc(=O)c12)c1c(C2CC2)c2cccc(Cl)c2c(=O)n1-c1ccccc1. The van der Waals surface area contributed by atoms with Crippen molar-refractivity contribution < 1.29 is 0 Å². The Labute approximate surface area is 205 Å². The number of anilines is 1. The lowest BCUT2D eigenvalue weighted by Gasteiger charge is -2.26. The fourth-order valence-electron chi connectivity index (χ4n) is 4.90. The highest BCUT2D eigenvalue weighted by Gasteiger charge is 2.33. The van der Waals surface area contributed by atoms with Gasteiger partial charge in [-0.2, -0.15) is 0 Å². The Balaban J connectivity index is 1.64. The van der Waals surface area contributed by atoms with Crippen molar-refractivity contribution in [1.82, 2.24) is 19.5 Å². The summed E-state index contributed by atoms with van der Waals surface area (Å²) in [5, 5.41) is 5.65. The van der Waals surface area contributed by atoms with Crippen molar-refractivity contribution in [2.24, 2.45) is 0 Å². The van der Waals surface area contributed by atoms with Crippen molar-refractivity contribution in [2.45, 2.75) is 31.7 Å². The van der Waals surface area contributed by atoms with Crippen LogP contribution in [0.5, 0.6) is 0 Å². The quantitative estimate of drug-likeness (QED) is 0.352. The van der Waals surface area contributed by atoms with E-state index in [0.29, 0.717) is 33.2 Å². The standard InChI is InChI=1S/C27H22ClN5O2/c1-15(32-26-23-20(34)12-13-29-25(23)30-14-31-26)24-21(16-10-11-16)18-8-5-9-19(28)22(18)27(35)33(24)17-6-3-2-4-7-17/h2-9,12-16H,10-11H2,1H3,(H2,29,30,31,32,34)/t15-/m0/s1. The zero-order chi connectivity index (χ0) is 24.1. The molecule has 0 bridgehead atoms. The Morgan fingerprint density at radius 1 is 1.03 bits per heavy atom. The van der Waals surface area contributed by atoms with Crippen LogP contribution in [-0.2, 0) is 0 Å². The maximum atomic E-state index is 14.0. The van der Waals surface area contributed by atoms with E-state index < -0.39 is 0 Å². The summed E-state index contributed by atoms with van der Waals surface area (Å²) in [6, 6.07) is 16.3. The molecule has 5 aromatic rings. The average Bonchev–Trinajstić information content (AvgIpc) is 3.70. The Morgan fingerprint density at radius 3 is 2.60 bits per heavy atom. The first-order chi connectivity index (χ1) is 17.0. The number of pyridine rings is 2. The van der Waals surface area contributed by atoms with Gasteiger partial charge in [-0.05, 0) is 54.8 Å². The van der Waals surface area contributed by atoms with Crippen LogP contribution in [0.3, 0.4) is 0 Å². The minimum atomic E-state index is -0.348. The molecule has 7 nitrogen and oxygen atoms in total. The molecular formula is C27H22ClN5O2. The molecule has 0 spiro atoms. The van der Waals surface area contributed by atoms with Crippen LogP contribution in [0.1, 0.15) is 43.0 Å². The van der Waals surface area contributed by atoms with Crippen molar-refractivity contribution in [1.29, 1.82) is 0 Å². The van der Waals surface area contributed by atoms with Crippen molar-refractivity contribution in [3.8, 4) is 5.69 Å². The van der Waals surface area contributed by atoms with Gasteiger partial charge in [-0.25, -0.2) is 9.97 Å². The topological polar surface area (TPSA) is 92.7 Å². The highest BCUT2D eigenvalue weighted by atomic mass is 35.5. The van der Waals surface area contributed by atoms with E-state index in [2.05, 4.69) is 20.3 Å². The summed E-state index contributed by atoms with van der Waals surface area (Å²) in [6.45, 7) is 1.99. The summed E-state index contributed by atoms with van der Waals surface area (Å²) >= 11 is 6.58. The molecular weight excluding hydrogens is 462 g/mol. The molecule has 2 aromatic carbocycles. The van der Waals surface area contributed by atoms with Crippen LogP contribution in [-0.4, -0.2) is 19.5 Å². The van der Waals surface area contributed by atoms with Gasteiger partial charge in [0.1, 0.15) is 23.2 Å². The number of hydrogen-bond acceptors (Lipinski definition) is 5. The highest BCUT2D eigenvalue weighted by Crippen LogP contribution is 2.47. The molecule has 3 heterocycles. The van der Waals surface area contributed by atoms with Gasteiger partial charge in [0.2, 0.25) is 0 Å². The van der Waals surface area contributed by atoms with Crippen LogP contribution in [0.15, 0.2) is 76.7 Å². The Kier molecular flexibility index (Phi) is 5.15. The van der Waals surface area contributed by atoms with E-state index in [9.17, 15) is 9.59 Å². The van der Waals surface area contributed by atoms with Gasteiger partial charge < -0.3 is 10.3 Å².